The smallest absolute Gasteiger partial charge is 0.305 e. The molecule has 1 aliphatic rings. The van der Waals surface area contributed by atoms with E-state index in [-0.39, 0.29) is 23.9 Å². The number of rotatable bonds is 5. The van der Waals surface area contributed by atoms with E-state index < -0.39 is 16.0 Å². The van der Waals surface area contributed by atoms with Gasteiger partial charge < -0.3 is 5.11 Å². The molecule has 118 valence electrons. The van der Waals surface area contributed by atoms with Crippen LogP contribution in [-0.2, 0) is 21.4 Å². The van der Waals surface area contributed by atoms with Crippen molar-refractivity contribution in [3.8, 4) is 0 Å². The molecule has 1 N–H and O–H groups in total. The van der Waals surface area contributed by atoms with E-state index in [0.29, 0.717) is 12.5 Å². The van der Waals surface area contributed by atoms with Crippen LogP contribution in [-0.4, -0.2) is 46.2 Å². The first kappa shape index (κ1) is 16.0. The van der Waals surface area contributed by atoms with Gasteiger partial charge in [-0.1, -0.05) is 6.92 Å². The summed E-state index contributed by atoms with van der Waals surface area (Å²) in [5.74, 6) is -0.607. The van der Waals surface area contributed by atoms with Crippen LogP contribution in [0.2, 0.25) is 0 Å². The molecule has 0 aromatic carbocycles. The van der Waals surface area contributed by atoms with Gasteiger partial charge in [0.05, 0.1) is 19.2 Å². The molecule has 1 aromatic rings. The number of nitrogens with zero attached hydrogens (tertiary/aromatic N) is 3. The first-order chi connectivity index (χ1) is 9.82. The van der Waals surface area contributed by atoms with Gasteiger partial charge in [-0.05, 0) is 25.7 Å². The summed E-state index contributed by atoms with van der Waals surface area (Å²) >= 11 is 0. The number of piperidine rings is 1. The average Bonchev–Trinajstić information content (AvgIpc) is 2.89. The van der Waals surface area contributed by atoms with E-state index in [9.17, 15) is 13.2 Å². The maximum Gasteiger partial charge on any atom is 0.305 e. The van der Waals surface area contributed by atoms with Crippen molar-refractivity contribution in [2.75, 3.05) is 6.54 Å². The predicted molar refractivity (Wildman–Crippen MR) is 76.2 cm³/mol. The molecule has 7 nitrogen and oxygen atoms in total. The van der Waals surface area contributed by atoms with Crippen molar-refractivity contribution in [3.63, 3.8) is 0 Å². The summed E-state index contributed by atoms with van der Waals surface area (Å²) in [6, 6.07) is -0.0360. The molecule has 1 aromatic heterocycles. The lowest BCUT2D eigenvalue weighted by Gasteiger charge is -2.36. The van der Waals surface area contributed by atoms with Crippen LogP contribution in [0.4, 0.5) is 0 Å². The van der Waals surface area contributed by atoms with Gasteiger partial charge in [0.25, 0.3) is 0 Å². The summed E-state index contributed by atoms with van der Waals surface area (Å²) in [7, 11) is -3.56. The fraction of sp³-hybridized carbons (Fsp3) is 0.692. The van der Waals surface area contributed by atoms with Gasteiger partial charge in [0.1, 0.15) is 4.90 Å². The third-order valence-corrected chi connectivity index (χ3v) is 6.03. The minimum absolute atomic E-state index is 0.0360. The molecule has 1 saturated heterocycles. The highest BCUT2D eigenvalue weighted by Crippen LogP contribution is 2.28. The van der Waals surface area contributed by atoms with E-state index >= 15 is 0 Å². The van der Waals surface area contributed by atoms with Crippen LogP contribution >= 0.6 is 0 Å². The number of aryl methyl sites for hydroxylation is 1. The van der Waals surface area contributed by atoms with Gasteiger partial charge in [-0.25, -0.2) is 8.42 Å². The van der Waals surface area contributed by atoms with Gasteiger partial charge in [-0.15, -0.1) is 0 Å². The summed E-state index contributed by atoms with van der Waals surface area (Å²) in [5.41, 5.74) is 0. The van der Waals surface area contributed by atoms with E-state index in [0.717, 1.165) is 12.8 Å². The Hall–Kier alpha value is -1.41. The lowest BCUT2D eigenvalue weighted by molar-refractivity contribution is -0.137. The van der Waals surface area contributed by atoms with Crippen molar-refractivity contribution in [2.24, 2.45) is 5.92 Å². The summed E-state index contributed by atoms with van der Waals surface area (Å²) in [6.07, 6.45) is 4.51. The Kier molecular flexibility index (Phi) is 4.67. The first-order valence-corrected chi connectivity index (χ1v) is 8.52. The van der Waals surface area contributed by atoms with Crippen molar-refractivity contribution in [1.82, 2.24) is 14.1 Å². The van der Waals surface area contributed by atoms with E-state index in [2.05, 4.69) is 12.0 Å². The van der Waals surface area contributed by atoms with Gasteiger partial charge in [-0.2, -0.15) is 9.40 Å². The fourth-order valence-electron chi connectivity index (χ4n) is 2.58. The molecule has 1 aliphatic heterocycles. The van der Waals surface area contributed by atoms with E-state index in [1.807, 2.05) is 6.92 Å². The third-order valence-electron chi connectivity index (χ3n) is 4.09. The van der Waals surface area contributed by atoms with Gasteiger partial charge in [-0.3, -0.25) is 9.48 Å². The first-order valence-electron chi connectivity index (χ1n) is 7.08. The highest BCUT2D eigenvalue weighted by atomic mass is 32.2. The number of carboxylic acid groups (broad SMARTS) is 1. The molecule has 2 rings (SSSR count). The summed E-state index contributed by atoms with van der Waals surface area (Å²) < 4.78 is 28.2. The molecule has 0 saturated carbocycles. The molecular formula is C13H21N3O4S. The monoisotopic (exact) mass is 315 g/mol. The lowest BCUT2D eigenvalue weighted by Crippen LogP contribution is -2.45. The van der Waals surface area contributed by atoms with E-state index in [1.165, 1.54) is 21.4 Å². The molecule has 21 heavy (non-hydrogen) atoms. The Morgan fingerprint density at radius 1 is 1.48 bits per heavy atom. The predicted octanol–water partition coefficient (Wildman–Crippen LogP) is 1.17. The molecule has 2 unspecified atom stereocenters. The topological polar surface area (TPSA) is 92.5 Å². The summed E-state index contributed by atoms with van der Waals surface area (Å²) in [5, 5.41) is 12.6. The third kappa shape index (κ3) is 3.44. The second-order valence-electron chi connectivity index (χ2n) is 5.56. The molecule has 0 aliphatic carbocycles. The Labute approximate surface area is 124 Å². The van der Waals surface area contributed by atoms with Crippen molar-refractivity contribution in [2.45, 2.75) is 50.6 Å². The van der Waals surface area contributed by atoms with Crippen molar-refractivity contribution >= 4 is 16.0 Å². The number of aromatic nitrogens is 2. The average molecular weight is 315 g/mol. The largest absolute Gasteiger partial charge is 0.481 e. The van der Waals surface area contributed by atoms with Crippen LogP contribution in [0.5, 0.6) is 0 Å². The Morgan fingerprint density at radius 2 is 2.19 bits per heavy atom. The van der Waals surface area contributed by atoms with Crippen molar-refractivity contribution < 1.29 is 18.3 Å². The summed E-state index contributed by atoms with van der Waals surface area (Å²) in [4.78, 5) is 10.7. The zero-order valence-corrected chi connectivity index (χ0v) is 13.1. The van der Waals surface area contributed by atoms with E-state index in [1.54, 1.807) is 0 Å². The number of carbonyl (C=O) groups is 1. The molecule has 0 spiro atoms. The minimum atomic E-state index is -3.56. The van der Waals surface area contributed by atoms with Gasteiger partial charge in [0, 0.05) is 18.8 Å². The van der Waals surface area contributed by atoms with Crippen molar-refractivity contribution in [3.05, 3.63) is 12.4 Å². The Morgan fingerprint density at radius 3 is 2.86 bits per heavy atom. The molecule has 0 amide bonds. The SMILES string of the molecule is CC1CCCN(S(=O)(=O)c2cnn(CCC(=O)O)c2)C1C. The quantitative estimate of drug-likeness (QED) is 0.880. The van der Waals surface area contributed by atoms with Crippen LogP contribution in [0.15, 0.2) is 17.3 Å². The normalized spacial score (nSPS) is 24.1. The zero-order valence-electron chi connectivity index (χ0n) is 12.3. The Bertz CT molecular complexity index is 611. The van der Waals surface area contributed by atoms with Crippen LogP contribution in [0.25, 0.3) is 0 Å². The highest BCUT2D eigenvalue weighted by Gasteiger charge is 2.35. The second-order valence-corrected chi connectivity index (χ2v) is 7.45. The van der Waals surface area contributed by atoms with E-state index in [4.69, 9.17) is 5.11 Å². The van der Waals surface area contributed by atoms with Crippen LogP contribution in [0, 0.1) is 5.92 Å². The summed E-state index contributed by atoms with van der Waals surface area (Å²) in [6.45, 7) is 4.67. The van der Waals surface area contributed by atoms with Gasteiger partial charge in [0.15, 0.2) is 0 Å². The second kappa shape index (κ2) is 6.15. The van der Waals surface area contributed by atoms with Gasteiger partial charge in [0.2, 0.25) is 10.0 Å². The molecule has 0 bridgehead atoms. The lowest BCUT2D eigenvalue weighted by atomic mass is 9.94. The standard InChI is InChI=1S/C13H21N3O4S/c1-10-4-3-6-16(11(10)2)21(19,20)12-8-14-15(9-12)7-5-13(17)18/h8-11H,3-7H2,1-2H3,(H,17,18). The Balaban J connectivity index is 2.17. The molecular weight excluding hydrogens is 294 g/mol. The fourth-order valence-corrected chi connectivity index (χ4v) is 4.30. The maximum absolute atomic E-state index is 12.7. The van der Waals surface area contributed by atoms with Crippen LogP contribution < -0.4 is 0 Å². The number of aliphatic carboxylic acids is 1. The highest BCUT2D eigenvalue weighted by molar-refractivity contribution is 7.89. The number of carboxylic acids is 1. The van der Waals surface area contributed by atoms with Crippen LogP contribution in [0.3, 0.4) is 0 Å². The van der Waals surface area contributed by atoms with Crippen molar-refractivity contribution in [1.29, 1.82) is 0 Å². The number of hydrogen-bond donors (Lipinski definition) is 1. The van der Waals surface area contributed by atoms with Gasteiger partial charge >= 0.3 is 5.97 Å². The molecule has 1 fully saturated rings. The van der Waals surface area contributed by atoms with Crippen LogP contribution in [0.1, 0.15) is 33.1 Å². The minimum Gasteiger partial charge on any atom is -0.481 e. The maximum atomic E-state index is 12.7. The molecule has 0 radical (unpaired) electrons. The molecule has 2 heterocycles. The molecule has 8 heteroatoms. The number of sulfonamides is 1. The molecule has 2 atom stereocenters. The number of hydrogen-bond acceptors (Lipinski definition) is 4. The zero-order chi connectivity index (χ0) is 15.6.